The molecule has 5 heterocycles. The smallest absolute Gasteiger partial charge is 0.229 e. The van der Waals surface area contributed by atoms with E-state index in [1.165, 1.54) is 12.8 Å². The van der Waals surface area contributed by atoms with Crippen molar-refractivity contribution in [2.45, 2.75) is 51.7 Å². The number of nitrogens with one attached hydrogen (secondary N) is 1. The molecule has 3 atom stereocenters. The Morgan fingerprint density at radius 2 is 2.10 bits per heavy atom. The first-order valence-corrected chi connectivity index (χ1v) is 10.5. The Kier molecular flexibility index (Phi) is 3.98. The molecule has 0 spiro atoms. The van der Waals surface area contributed by atoms with E-state index in [4.69, 9.17) is 14.8 Å². The Morgan fingerprint density at radius 1 is 1.17 bits per heavy atom. The van der Waals surface area contributed by atoms with E-state index >= 15 is 0 Å². The Labute approximate surface area is 173 Å². The zero-order chi connectivity index (χ0) is 20.2. The lowest BCUT2D eigenvalue weighted by Gasteiger charge is -2.21. The van der Waals surface area contributed by atoms with Crippen LogP contribution in [-0.2, 0) is 4.74 Å². The SMILES string of the molecule is Cc1cc2ncnn2cc1Nc1ncc2c(C)nn([C@@H]3CCC4COC(C4)C3)c2n1. The number of aryl methyl sites for hydroxylation is 2. The van der Waals surface area contributed by atoms with Crippen LogP contribution in [0.4, 0.5) is 11.6 Å². The highest BCUT2D eigenvalue weighted by Gasteiger charge is 2.33. The van der Waals surface area contributed by atoms with E-state index in [0.717, 1.165) is 53.1 Å². The highest BCUT2D eigenvalue weighted by molar-refractivity contribution is 5.79. The number of anilines is 2. The van der Waals surface area contributed by atoms with E-state index in [9.17, 15) is 0 Å². The summed E-state index contributed by atoms with van der Waals surface area (Å²) >= 11 is 0. The summed E-state index contributed by atoms with van der Waals surface area (Å²) in [6, 6.07) is 2.30. The van der Waals surface area contributed by atoms with Crippen LogP contribution in [0.5, 0.6) is 0 Å². The van der Waals surface area contributed by atoms with Crippen molar-refractivity contribution in [3.8, 4) is 0 Å². The van der Waals surface area contributed by atoms with E-state index < -0.39 is 0 Å². The summed E-state index contributed by atoms with van der Waals surface area (Å²) in [6.45, 7) is 4.98. The first kappa shape index (κ1) is 17.8. The minimum atomic E-state index is 0.312. The molecule has 154 valence electrons. The van der Waals surface area contributed by atoms with Crippen LogP contribution in [0.2, 0.25) is 0 Å². The highest BCUT2D eigenvalue weighted by Crippen LogP contribution is 2.38. The summed E-state index contributed by atoms with van der Waals surface area (Å²) in [5.41, 5.74) is 4.61. The first-order valence-electron chi connectivity index (χ1n) is 10.5. The summed E-state index contributed by atoms with van der Waals surface area (Å²) in [4.78, 5) is 13.6. The second-order valence-corrected chi connectivity index (χ2v) is 8.54. The van der Waals surface area contributed by atoms with E-state index in [1.807, 2.05) is 32.3 Å². The summed E-state index contributed by atoms with van der Waals surface area (Å²) < 4.78 is 9.82. The lowest BCUT2D eigenvalue weighted by atomic mass is 10.0. The van der Waals surface area contributed by atoms with Crippen LogP contribution in [-0.4, -0.2) is 47.1 Å². The number of fused-ring (bicyclic) bond motifs is 4. The Bertz CT molecular complexity index is 1240. The van der Waals surface area contributed by atoms with Gasteiger partial charge in [0.05, 0.1) is 35.1 Å². The Morgan fingerprint density at radius 3 is 3.03 bits per heavy atom. The molecule has 6 rings (SSSR count). The average Bonchev–Trinajstić information content (AvgIpc) is 3.40. The fourth-order valence-corrected chi connectivity index (χ4v) is 4.81. The molecule has 2 fully saturated rings. The zero-order valence-electron chi connectivity index (χ0n) is 17.1. The topological polar surface area (TPSA) is 95.1 Å². The number of hydrogen-bond acceptors (Lipinski definition) is 7. The van der Waals surface area contributed by atoms with Gasteiger partial charge in [0.25, 0.3) is 0 Å². The molecule has 9 heteroatoms. The molecular weight excluding hydrogens is 380 g/mol. The van der Waals surface area contributed by atoms with Crippen LogP contribution >= 0.6 is 0 Å². The predicted octanol–water partition coefficient (Wildman–Crippen LogP) is 3.36. The molecule has 1 saturated heterocycles. The maximum absolute atomic E-state index is 5.97. The van der Waals surface area contributed by atoms with Crippen molar-refractivity contribution >= 4 is 28.3 Å². The maximum atomic E-state index is 5.97. The van der Waals surface area contributed by atoms with Gasteiger partial charge in [-0.1, -0.05) is 0 Å². The minimum Gasteiger partial charge on any atom is -0.378 e. The zero-order valence-corrected chi connectivity index (χ0v) is 17.1. The standard InChI is InChI=1S/C21H24N8O/c1-12-5-19-23-11-24-28(19)9-18(12)25-21-22-8-17-13(2)27-29(20(17)26-21)15-4-3-14-6-16(7-15)30-10-14/h5,8-9,11,14-16H,3-4,6-7,10H2,1-2H3,(H,22,25,26)/t14?,15-,16?/m1/s1. The fourth-order valence-electron chi connectivity index (χ4n) is 4.81. The lowest BCUT2D eigenvalue weighted by molar-refractivity contribution is 0.0766. The van der Waals surface area contributed by atoms with Crippen LogP contribution in [0.1, 0.15) is 43.0 Å². The van der Waals surface area contributed by atoms with Crippen LogP contribution in [0.3, 0.4) is 0 Å². The fraction of sp³-hybridized carbons (Fsp3) is 0.476. The average molecular weight is 404 g/mol. The molecule has 30 heavy (non-hydrogen) atoms. The van der Waals surface area contributed by atoms with Crippen molar-refractivity contribution < 1.29 is 4.74 Å². The summed E-state index contributed by atoms with van der Waals surface area (Å²) in [5, 5.41) is 13.4. The molecule has 2 aliphatic rings. The van der Waals surface area contributed by atoms with Gasteiger partial charge < -0.3 is 10.1 Å². The van der Waals surface area contributed by atoms with Crippen LogP contribution in [0, 0.1) is 19.8 Å². The van der Waals surface area contributed by atoms with Crippen molar-refractivity contribution in [1.82, 2.24) is 34.3 Å². The molecule has 0 radical (unpaired) electrons. The van der Waals surface area contributed by atoms with Gasteiger partial charge in [0.1, 0.15) is 6.33 Å². The number of aromatic nitrogens is 7. The highest BCUT2D eigenvalue weighted by atomic mass is 16.5. The van der Waals surface area contributed by atoms with Crippen LogP contribution < -0.4 is 5.32 Å². The monoisotopic (exact) mass is 404 g/mol. The number of rotatable bonds is 3. The molecule has 0 amide bonds. The molecule has 2 bridgehead atoms. The third-order valence-corrected chi connectivity index (χ3v) is 6.46. The van der Waals surface area contributed by atoms with Crippen LogP contribution in [0.15, 0.2) is 24.8 Å². The molecule has 4 aromatic heterocycles. The molecule has 1 saturated carbocycles. The second kappa shape index (κ2) is 6.73. The van der Waals surface area contributed by atoms with Gasteiger partial charge in [0, 0.05) is 12.8 Å². The first-order chi connectivity index (χ1) is 14.6. The minimum absolute atomic E-state index is 0.312. The van der Waals surface area contributed by atoms with Gasteiger partial charge in [-0.05, 0) is 57.1 Å². The van der Waals surface area contributed by atoms with Crippen molar-refractivity contribution in [2.24, 2.45) is 5.92 Å². The third-order valence-electron chi connectivity index (χ3n) is 6.46. The quantitative estimate of drug-likeness (QED) is 0.559. The second-order valence-electron chi connectivity index (χ2n) is 8.54. The van der Waals surface area contributed by atoms with Crippen molar-refractivity contribution in [3.05, 3.63) is 36.0 Å². The van der Waals surface area contributed by atoms with E-state index in [-0.39, 0.29) is 0 Å². The number of hydrogen-bond donors (Lipinski definition) is 1. The Hall–Kier alpha value is -3.07. The van der Waals surface area contributed by atoms with Gasteiger partial charge in [-0.25, -0.2) is 19.2 Å². The molecule has 1 aliphatic carbocycles. The molecule has 9 nitrogen and oxygen atoms in total. The molecule has 2 unspecified atom stereocenters. The normalized spacial score (nSPS) is 23.9. The lowest BCUT2D eigenvalue weighted by Crippen LogP contribution is -2.18. The number of nitrogens with zero attached hydrogens (tertiary/aromatic N) is 7. The molecular formula is C21H24N8O. The van der Waals surface area contributed by atoms with Gasteiger partial charge in [0.15, 0.2) is 11.3 Å². The van der Waals surface area contributed by atoms with Crippen molar-refractivity contribution in [1.29, 1.82) is 0 Å². The Balaban J connectivity index is 1.36. The van der Waals surface area contributed by atoms with E-state index in [0.29, 0.717) is 24.0 Å². The third kappa shape index (κ3) is 2.92. The van der Waals surface area contributed by atoms with Gasteiger partial charge in [-0.2, -0.15) is 15.2 Å². The molecule has 1 N–H and O–H groups in total. The summed E-state index contributed by atoms with van der Waals surface area (Å²) in [7, 11) is 0. The van der Waals surface area contributed by atoms with Crippen molar-refractivity contribution in [3.63, 3.8) is 0 Å². The summed E-state index contributed by atoms with van der Waals surface area (Å²) in [6.07, 6.45) is 10.2. The van der Waals surface area contributed by atoms with Crippen LogP contribution in [0.25, 0.3) is 16.7 Å². The van der Waals surface area contributed by atoms with Crippen molar-refractivity contribution in [2.75, 3.05) is 11.9 Å². The van der Waals surface area contributed by atoms with E-state index in [2.05, 4.69) is 25.1 Å². The number of ether oxygens (including phenoxy) is 1. The molecule has 0 aromatic carbocycles. The van der Waals surface area contributed by atoms with Gasteiger partial charge in [0.2, 0.25) is 5.95 Å². The van der Waals surface area contributed by atoms with Gasteiger partial charge in [-0.15, -0.1) is 0 Å². The predicted molar refractivity (Wildman–Crippen MR) is 112 cm³/mol. The summed E-state index contributed by atoms with van der Waals surface area (Å²) in [5.74, 6) is 1.25. The van der Waals surface area contributed by atoms with Gasteiger partial charge in [-0.3, -0.25) is 0 Å². The maximum Gasteiger partial charge on any atom is 0.229 e. The molecule has 4 aromatic rings. The van der Waals surface area contributed by atoms with Gasteiger partial charge >= 0.3 is 0 Å². The number of pyridine rings is 1. The molecule has 1 aliphatic heterocycles. The largest absolute Gasteiger partial charge is 0.378 e. The van der Waals surface area contributed by atoms with E-state index in [1.54, 1.807) is 10.8 Å².